The van der Waals surface area contributed by atoms with Crippen LogP contribution in [-0.4, -0.2) is 33.6 Å². The summed E-state index contributed by atoms with van der Waals surface area (Å²) < 4.78 is 34.0. The van der Waals surface area contributed by atoms with E-state index in [2.05, 4.69) is 20.7 Å². The van der Waals surface area contributed by atoms with Gasteiger partial charge in [0.2, 0.25) is 0 Å². The van der Waals surface area contributed by atoms with Crippen molar-refractivity contribution in [2.75, 3.05) is 22.8 Å². The number of rotatable bonds is 4. The van der Waals surface area contributed by atoms with Gasteiger partial charge >= 0.3 is 0 Å². The summed E-state index contributed by atoms with van der Waals surface area (Å²) in [6.07, 6.45) is 2.01. The predicted octanol–water partition coefficient (Wildman–Crippen LogP) is 3.32. The SMILES string of the molecule is O=C(C1CCCO1)N1CCc2cc(NS(=O)(=O)c3ccc(Br)cc3)ccc21. The second-order valence-corrected chi connectivity index (χ2v) is 9.24. The Hall–Kier alpha value is -1.90. The Balaban J connectivity index is 1.53. The van der Waals surface area contributed by atoms with Crippen molar-refractivity contribution in [1.29, 1.82) is 0 Å². The quantitative estimate of drug-likeness (QED) is 0.774. The lowest BCUT2D eigenvalue weighted by atomic mass is 10.1. The van der Waals surface area contributed by atoms with Gasteiger partial charge < -0.3 is 9.64 Å². The fraction of sp³-hybridized carbons (Fsp3) is 0.316. The maximum atomic E-state index is 12.6. The van der Waals surface area contributed by atoms with Gasteiger partial charge in [-0.1, -0.05) is 15.9 Å². The molecule has 1 N–H and O–H groups in total. The molecule has 27 heavy (non-hydrogen) atoms. The van der Waals surface area contributed by atoms with E-state index in [0.717, 1.165) is 28.6 Å². The van der Waals surface area contributed by atoms with Crippen molar-refractivity contribution in [3.63, 3.8) is 0 Å². The summed E-state index contributed by atoms with van der Waals surface area (Å²) in [6, 6.07) is 11.8. The van der Waals surface area contributed by atoms with Crippen molar-refractivity contribution in [1.82, 2.24) is 0 Å². The van der Waals surface area contributed by atoms with Gasteiger partial charge in [-0.3, -0.25) is 9.52 Å². The number of benzene rings is 2. The highest BCUT2D eigenvalue weighted by Crippen LogP contribution is 2.33. The van der Waals surface area contributed by atoms with Crippen molar-refractivity contribution >= 4 is 43.2 Å². The Morgan fingerprint density at radius 1 is 1.19 bits per heavy atom. The molecule has 1 saturated heterocycles. The van der Waals surface area contributed by atoms with Crippen LogP contribution in [0.3, 0.4) is 0 Å². The Labute approximate surface area is 166 Å². The van der Waals surface area contributed by atoms with E-state index in [1.165, 1.54) is 0 Å². The van der Waals surface area contributed by atoms with Crippen molar-refractivity contribution in [3.8, 4) is 0 Å². The third kappa shape index (κ3) is 3.74. The van der Waals surface area contributed by atoms with Gasteiger partial charge in [-0.05, 0) is 67.3 Å². The van der Waals surface area contributed by atoms with Crippen LogP contribution in [0.4, 0.5) is 11.4 Å². The molecule has 1 fully saturated rings. The minimum atomic E-state index is -3.66. The largest absolute Gasteiger partial charge is 0.368 e. The van der Waals surface area contributed by atoms with Crippen LogP contribution >= 0.6 is 15.9 Å². The summed E-state index contributed by atoms with van der Waals surface area (Å²) in [5, 5.41) is 0. The topological polar surface area (TPSA) is 75.7 Å². The van der Waals surface area contributed by atoms with Gasteiger partial charge in [0.1, 0.15) is 6.10 Å². The molecule has 8 heteroatoms. The van der Waals surface area contributed by atoms with Gasteiger partial charge in [-0.2, -0.15) is 0 Å². The number of carbonyl (C=O) groups is 1. The Morgan fingerprint density at radius 3 is 2.67 bits per heavy atom. The van der Waals surface area contributed by atoms with Crippen LogP contribution in [0.25, 0.3) is 0 Å². The molecule has 1 amide bonds. The molecule has 0 spiro atoms. The molecule has 2 aliphatic heterocycles. The summed E-state index contributed by atoms with van der Waals surface area (Å²) in [5.74, 6) is -0.00515. The molecule has 2 aromatic carbocycles. The van der Waals surface area contributed by atoms with Crippen molar-refractivity contribution < 1.29 is 17.9 Å². The first-order valence-corrected chi connectivity index (χ1v) is 11.1. The van der Waals surface area contributed by atoms with E-state index in [0.29, 0.717) is 25.3 Å². The zero-order valence-corrected chi connectivity index (χ0v) is 16.9. The minimum Gasteiger partial charge on any atom is -0.368 e. The molecule has 2 heterocycles. The van der Waals surface area contributed by atoms with E-state index in [4.69, 9.17) is 4.74 Å². The van der Waals surface area contributed by atoms with Crippen molar-refractivity contribution in [2.45, 2.75) is 30.3 Å². The zero-order valence-electron chi connectivity index (χ0n) is 14.5. The highest BCUT2D eigenvalue weighted by Gasteiger charge is 2.32. The smallest absolute Gasteiger partial charge is 0.261 e. The van der Waals surface area contributed by atoms with E-state index in [1.807, 2.05) is 0 Å². The molecule has 0 aliphatic carbocycles. The standard InChI is InChI=1S/C19H19BrN2O4S/c20-14-3-6-16(7-4-14)27(24,25)21-15-5-8-17-13(12-15)9-10-22(17)19(23)18-2-1-11-26-18/h3-8,12,18,21H,1-2,9-11H2. The molecule has 0 bridgehead atoms. The van der Waals surface area contributed by atoms with Crippen LogP contribution in [0, 0.1) is 0 Å². The average molecular weight is 451 g/mol. The van der Waals surface area contributed by atoms with E-state index in [9.17, 15) is 13.2 Å². The summed E-state index contributed by atoms with van der Waals surface area (Å²) in [5.41, 5.74) is 2.28. The third-order valence-corrected chi connectivity index (χ3v) is 6.75. The van der Waals surface area contributed by atoms with Crippen molar-refractivity contribution in [3.05, 3.63) is 52.5 Å². The highest BCUT2D eigenvalue weighted by atomic mass is 79.9. The molecular formula is C19H19BrN2O4S. The van der Waals surface area contributed by atoms with Crippen LogP contribution in [0.15, 0.2) is 51.8 Å². The fourth-order valence-electron chi connectivity index (χ4n) is 3.47. The second kappa shape index (κ2) is 7.26. The molecule has 6 nitrogen and oxygen atoms in total. The first kappa shape index (κ1) is 18.5. The molecule has 2 aromatic rings. The number of hydrogen-bond donors (Lipinski definition) is 1. The number of amides is 1. The fourth-order valence-corrected chi connectivity index (χ4v) is 4.78. The van der Waals surface area contributed by atoms with E-state index in [-0.39, 0.29) is 16.9 Å². The molecule has 4 rings (SSSR count). The molecule has 0 radical (unpaired) electrons. The summed E-state index contributed by atoms with van der Waals surface area (Å²) in [7, 11) is -3.66. The van der Waals surface area contributed by atoms with Crippen LogP contribution < -0.4 is 9.62 Å². The van der Waals surface area contributed by atoms with Crippen LogP contribution in [0.5, 0.6) is 0 Å². The maximum Gasteiger partial charge on any atom is 0.261 e. The molecular weight excluding hydrogens is 432 g/mol. The maximum absolute atomic E-state index is 12.6. The van der Waals surface area contributed by atoms with Crippen molar-refractivity contribution in [2.24, 2.45) is 0 Å². The number of hydrogen-bond acceptors (Lipinski definition) is 4. The molecule has 0 saturated carbocycles. The Bertz CT molecular complexity index is 970. The highest BCUT2D eigenvalue weighted by molar-refractivity contribution is 9.10. The predicted molar refractivity (Wildman–Crippen MR) is 106 cm³/mol. The molecule has 1 atom stereocenters. The van der Waals surface area contributed by atoms with E-state index >= 15 is 0 Å². The van der Waals surface area contributed by atoms with Gasteiger partial charge in [-0.25, -0.2) is 8.42 Å². The number of nitrogens with one attached hydrogen (secondary N) is 1. The summed E-state index contributed by atoms with van der Waals surface area (Å²) >= 11 is 3.30. The number of nitrogens with zero attached hydrogens (tertiary/aromatic N) is 1. The minimum absolute atomic E-state index is 0.00515. The lowest BCUT2D eigenvalue weighted by molar-refractivity contribution is -0.127. The monoisotopic (exact) mass is 450 g/mol. The number of sulfonamides is 1. The number of carbonyl (C=O) groups excluding carboxylic acids is 1. The lowest BCUT2D eigenvalue weighted by Crippen LogP contribution is -2.37. The second-order valence-electron chi connectivity index (χ2n) is 6.64. The van der Waals surface area contributed by atoms with Crippen LogP contribution in [0.2, 0.25) is 0 Å². The van der Waals surface area contributed by atoms with Crippen LogP contribution in [0.1, 0.15) is 18.4 Å². The van der Waals surface area contributed by atoms with Gasteiger partial charge in [0.15, 0.2) is 0 Å². The molecule has 142 valence electrons. The Morgan fingerprint density at radius 2 is 1.96 bits per heavy atom. The molecule has 2 aliphatic rings. The van der Waals surface area contributed by atoms with Gasteiger partial charge in [0.05, 0.1) is 4.90 Å². The average Bonchev–Trinajstić information content (AvgIpc) is 3.31. The number of anilines is 2. The first-order valence-electron chi connectivity index (χ1n) is 8.78. The van der Waals surface area contributed by atoms with E-state index in [1.54, 1.807) is 47.4 Å². The number of fused-ring (bicyclic) bond motifs is 1. The number of ether oxygens (including phenoxy) is 1. The first-order chi connectivity index (χ1) is 12.9. The zero-order chi connectivity index (χ0) is 19.0. The van der Waals surface area contributed by atoms with Gasteiger partial charge in [0, 0.05) is 29.0 Å². The summed E-state index contributed by atoms with van der Waals surface area (Å²) in [4.78, 5) is 14.6. The lowest BCUT2D eigenvalue weighted by Gasteiger charge is -2.21. The van der Waals surface area contributed by atoms with Gasteiger partial charge in [-0.15, -0.1) is 0 Å². The van der Waals surface area contributed by atoms with Gasteiger partial charge in [0.25, 0.3) is 15.9 Å². The van der Waals surface area contributed by atoms with Crippen LogP contribution in [-0.2, 0) is 26.0 Å². The Kier molecular flexibility index (Phi) is 4.96. The summed E-state index contributed by atoms with van der Waals surface area (Å²) in [6.45, 7) is 1.23. The van der Waals surface area contributed by atoms with E-state index < -0.39 is 10.0 Å². The molecule has 1 unspecified atom stereocenters. The normalized spacial score (nSPS) is 19.1. The third-order valence-electron chi connectivity index (χ3n) is 4.82. The number of halogens is 1. The molecule has 0 aromatic heterocycles.